The number of aromatic nitrogens is 2. The fourth-order valence-electron chi connectivity index (χ4n) is 4.80. The third-order valence-corrected chi connectivity index (χ3v) is 6.95. The van der Waals surface area contributed by atoms with Gasteiger partial charge in [0.25, 0.3) is 11.8 Å². The number of nitrogens with zero attached hydrogens (tertiary/aromatic N) is 4. The van der Waals surface area contributed by atoms with Crippen LogP contribution in [0.5, 0.6) is 0 Å². The first-order chi connectivity index (χ1) is 17.3. The largest absolute Gasteiger partial charge is 0.454 e. The van der Waals surface area contributed by atoms with Crippen molar-refractivity contribution in [1.29, 1.82) is 0 Å². The lowest BCUT2D eigenvalue weighted by molar-refractivity contribution is 0.0252. The Labute approximate surface area is 208 Å². The van der Waals surface area contributed by atoms with E-state index in [2.05, 4.69) is 10.2 Å². The predicted octanol–water partition coefficient (Wildman–Crippen LogP) is 2.61. The quantitative estimate of drug-likeness (QED) is 0.564. The third kappa shape index (κ3) is 4.28. The molecule has 0 radical (unpaired) electrons. The number of amides is 2. The van der Waals surface area contributed by atoms with Crippen molar-refractivity contribution in [3.63, 3.8) is 0 Å². The molecule has 5 rings (SSSR count). The zero-order chi connectivity index (χ0) is 25.4. The van der Waals surface area contributed by atoms with Crippen molar-refractivity contribution in [1.82, 2.24) is 15.1 Å². The number of piperazine rings is 1. The monoisotopic (exact) mass is 485 g/mol. The minimum atomic E-state index is -0.541. The molecule has 1 fully saturated rings. The molecule has 3 heterocycles. The van der Waals surface area contributed by atoms with Crippen LogP contribution in [0, 0.1) is 13.8 Å². The van der Waals surface area contributed by atoms with Crippen LogP contribution in [-0.2, 0) is 11.2 Å². The van der Waals surface area contributed by atoms with Crippen molar-refractivity contribution >= 4 is 23.6 Å². The molecule has 0 saturated carbocycles. The van der Waals surface area contributed by atoms with Gasteiger partial charge in [0.05, 0.1) is 16.8 Å². The van der Waals surface area contributed by atoms with Gasteiger partial charge in [-0.05, 0) is 48.7 Å². The Bertz CT molecular complexity index is 1350. The molecule has 184 valence electrons. The SMILES string of the molecule is Cc1nnc(N2CCN(C(=O)c3ccc4c(c3)CC(c3ccccc3)OC4=O)CC2)c(C(N)=O)c1C. The molecule has 0 aliphatic carbocycles. The number of benzene rings is 2. The summed E-state index contributed by atoms with van der Waals surface area (Å²) in [6, 6.07) is 14.8. The highest BCUT2D eigenvalue weighted by Gasteiger charge is 2.30. The topological polar surface area (TPSA) is 119 Å². The van der Waals surface area contributed by atoms with Crippen LogP contribution in [0.3, 0.4) is 0 Å². The summed E-state index contributed by atoms with van der Waals surface area (Å²) in [4.78, 5) is 41.7. The summed E-state index contributed by atoms with van der Waals surface area (Å²) in [6.45, 7) is 5.50. The molecular weight excluding hydrogens is 458 g/mol. The van der Waals surface area contributed by atoms with Gasteiger partial charge in [-0.25, -0.2) is 4.79 Å². The van der Waals surface area contributed by atoms with Gasteiger partial charge in [0, 0.05) is 38.2 Å². The number of hydrogen-bond acceptors (Lipinski definition) is 7. The predicted molar refractivity (Wildman–Crippen MR) is 133 cm³/mol. The molecule has 2 aliphatic heterocycles. The Kier molecular flexibility index (Phi) is 6.13. The minimum Gasteiger partial charge on any atom is -0.454 e. The zero-order valence-electron chi connectivity index (χ0n) is 20.2. The number of cyclic esters (lactones) is 1. The average molecular weight is 486 g/mol. The van der Waals surface area contributed by atoms with Crippen molar-refractivity contribution in [2.24, 2.45) is 5.73 Å². The van der Waals surface area contributed by atoms with Crippen LogP contribution < -0.4 is 10.6 Å². The van der Waals surface area contributed by atoms with E-state index < -0.39 is 5.91 Å². The van der Waals surface area contributed by atoms with Crippen LogP contribution in [-0.4, -0.2) is 59.1 Å². The molecule has 0 spiro atoms. The minimum absolute atomic E-state index is 0.103. The Hall–Kier alpha value is -4.27. The fraction of sp³-hybridized carbons (Fsp3) is 0.296. The zero-order valence-corrected chi connectivity index (χ0v) is 20.2. The molecule has 1 unspecified atom stereocenters. The number of ether oxygens (including phenoxy) is 1. The van der Waals surface area contributed by atoms with E-state index in [-0.39, 0.29) is 18.0 Å². The number of aryl methyl sites for hydroxylation is 1. The van der Waals surface area contributed by atoms with Crippen molar-refractivity contribution in [2.45, 2.75) is 26.4 Å². The number of anilines is 1. The highest BCUT2D eigenvalue weighted by atomic mass is 16.5. The first-order valence-corrected chi connectivity index (χ1v) is 11.9. The van der Waals surface area contributed by atoms with Gasteiger partial charge in [-0.1, -0.05) is 30.3 Å². The molecule has 1 atom stereocenters. The standard InChI is InChI=1S/C27H27N5O4/c1-16-17(2)29-30-25(23(16)24(28)33)31-10-12-32(13-11-31)26(34)19-8-9-21-20(14-19)15-22(36-27(21)35)18-6-4-3-5-7-18/h3-9,14,22H,10-13,15H2,1-2H3,(H2,28,33). The maximum absolute atomic E-state index is 13.3. The van der Waals surface area contributed by atoms with Gasteiger partial charge in [0.1, 0.15) is 6.10 Å². The summed E-state index contributed by atoms with van der Waals surface area (Å²) in [5.41, 5.74) is 10.1. The van der Waals surface area contributed by atoms with E-state index in [1.165, 1.54) is 0 Å². The van der Waals surface area contributed by atoms with E-state index in [4.69, 9.17) is 10.5 Å². The van der Waals surface area contributed by atoms with Gasteiger partial charge >= 0.3 is 5.97 Å². The van der Waals surface area contributed by atoms with E-state index in [1.807, 2.05) is 42.2 Å². The van der Waals surface area contributed by atoms with Crippen LogP contribution >= 0.6 is 0 Å². The van der Waals surface area contributed by atoms with Gasteiger partial charge in [0.2, 0.25) is 0 Å². The molecule has 2 aromatic carbocycles. The van der Waals surface area contributed by atoms with Crippen LogP contribution in [0.1, 0.15) is 59.6 Å². The molecule has 2 amide bonds. The van der Waals surface area contributed by atoms with Gasteiger partial charge in [-0.3, -0.25) is 9.59 Å². The Morgan fingerprint density at radius 1 is 1.00 bits per heavy atom. The molecule has 0 bridgehead atoms. The summed E-state index contributed by atoms with van der Waals surface area (Å²) in [5, 5.41) is 8.38. The molecule has 9 heteroatoms. The average Bonchev–Trinajstić information content (AvgIpc) is 2.89. The van der Waals surface area contributed by atoms with Crippen LogP contribution in [0.15, 0.2) is 48.5 Å². The highest BCUT2D eigenvalue weighted by Crippen LogP contribution is 2.31. The normalized spacial score (nSPS) is 17.4. The lowest BCUT2D eigenvalue weighted by Gasteiger charge is -2.36. The Balaban J connectivity index is 1.31. The number of nitrogens with two attached hydrogens (primary N) is 1. The molecule has 2 N–H and O–H groups in total. The molecule has 3 aromatic rings. The third-order valence-electron chi connectivity index (χ3n) is 6.95. The lowest BCUT2D eigenvalue weighted by Crippen LogP contribution is -2.49. The number of esters is 1. The summed E-state index contributed by atoms with van der Waals surface area (Å²) in [6.07, 6.45) is 0.139. The van der Waals surface area contributed by atoms with Crippen molar-refractivity contribution < 1.29 is 19.1 Å². The smallest absolute Gasteiger partial charge is 0.339 e. The number of carbonyl (C=O) groups excluding carboxylic acids is 3. The van der Waals surface area contributed by atoms with Crippen LogP contribution in [0.4, 0.5) is 5.82 Å². The maximum Gasteiger partial charge on any atom is 0.339 e. The molecule has 1 aromatic heterocycles. The second-order valence-electron chi connectivity index (χ2n) is 9.13. The molecule has 1 saturated heterocycles. The van der Waals surface area contributed by atoms with E-state index >= 15 is 0 Å². The molecule has 2 aliphatic rings. The number of rotatable bonds is 4. The van der Waals surface area contributed by atoms with Crippen molar-refractivity contribution in [3.8, 4) is 0 Å². The lowest BCUT2D eigenvalue weighted by atomic mass is 9.93. The molecule has 9 nitrogen and oxygen atoms in total. The summed E-state index contributed by atoms with van der Waals surface area (Å²) < 4.78 is 5.63. The Morgan fingerprint density at radius 3 is 2.42 bits per heavy atom. The molecular formula is C27H27N5O4. The number of primary amides is 1. The van der Waals surface area contributed by atoms with Crippen molar-refractivity contribution in [3.05, 3.63) is 87.6 Å². The summed E-state index contributed by atoms with van der Waals surface area (Å²) >= 11 is 0. The number of hydrogen-bond donors (Lipinski definition) is 1. The first kappa shape index (κ1) is 23.5. The number of carbonyl (C=O) groups is 3. The fourth-order valence-corrected chi connectivity index (χ4v) is 4.80. The second-order valence-corrected chi connectivity index (χ2v) is 9.13. The van der Waals surface area contributed by atoms with Crippen LogP contribution in [0.2, 0.25) is 0 Å². The van der Waals surface area contributed by atoms with Gasteiger partial charge < -0.3 is 20.3 Å². The van der Waals surface area contributed by atoms with E-state index in [1.54, 1.807) is 30.0 Å². The summed E-state index contributed by atoms with van der Waals surface area (Å²) in [5.74, 6) is -0.566. The highest BCUT2D eigenvalue weighted by molar-refractivity contribution is 6.00. The van der Waals surface area contributed by atoms with Gasteiger partial charge in [-0.2, -0.15) is 5.10 Å². The van der Waals surface area contributed by atoms with Gasteiger partial charge in [-0.15, -0.1) is 5.10 Å². The van der Waals surface area contributed by atoms with Crippen molar-refractivity contribution in [2.75, 3.05) is 31.1 Å². The first-order valence-electron chi connectivity index (χ1n) is 11.9. The Morgan fingerprint density at radius 2 is 1.72 bits per heavy atom. The van der Waals surface area contributed by atoms with E-state index in [0.717, 1.165) is 11.1 Å². The maximum atomic E-state index is 13.3. The second kappa shape index (κ2) is 9.41. The number of fused-ring (bicyclic) bond motifs is 1. The van der Waals surface area contributed by atoms with E-state index in [9.17, 15) is 14.4 Å². The van der Waals surface area contributed by atoms with E-state index in [0.29, 0.717) is 66.4 Å². The van der Waals surface area contributed by atoms with Crippen LogP contribution in [0.25, 0.3) is 0 Å². The van der Waals surface area contributed by atoms with Gasteiger partial charge in [0.15, 0.2) is 5.82 Å². The summed E-state index contributed by atoms with van der Waals surface area (Å²) in [7, 11) is 0. The molecule has 36 heavy (non-hydrogen) atoms.